The molecule has 182 valence electrons. The summed E-state index contributed by atoms with van der Waals surface area (Å²) in [5.74, 6) is -1.05. The van der Waals surface area contributed by atoms with Gasteiger partial charge in [0.15, 0.2) is 6.17 Å². The van der Waals surface area contributed by atoms with Gasteiger partial charge in [-0.1, -0.05) is 6.07 Å². The first-order valence-electron chi connectivity index (χ1n) is 10.9. The van der Waals surface area contributed by atoms with E-state index in [0.717, 1.165) is 4.31 Å². The van der Waals surface area contributed by atoms with Crippen LogP contribution in [-0.2, 0) is 23.2 Å². The van der Waals surface area contributed by atoms with Crippen LogP contribution >= 0.6 is 0 Å². The SMILES string of the molecule is CC(C)N1C=NNC1c1cccc(NC(=O)c2cc3c(cc2F)CCN(S(=O)(=O)N(C)C)C3)n1. The summed E-state index contributed by atoms with van der Waals surface area (Å²) >= 11 is 0. The van der Waals surface area contributed by atoms with E-state index in [4.69, 9.17) is 0 Å². The van der Waals surface area contributed by atoms with Crippen molar-refractivity contribution in [1.82, 2.24) is 23.9 Å². The van der Waals surface area contributed by atoms with Crippen molar-refractivity contribution < 1.29 is 17.6 Å². The van der Waals surface area contributed by atoms with Gasteiger partial charge in [0.1, 0.15) is 18.0 Å². The Morgan fingerprint density at radius 2 is 2.03 bits per heavy atom. The van der Waals surface area contributed by atoms with Gasteiger partial charge in [-0.05, 0) is 55.7 Å². The summed E-state index contributed by atoms with van der Waals surface area (Å²) in [5, 5.41) is 6.75. The number of hydrogen-bond donors (Lipinski definition) is 2. The summed E-state index contributed by atoms with van der Waals surface area (Å²) in [5.41, 5.74) is 4.77. The quantitative estimate of drug-likeness (QED) is 0.641. The topological polar surface area (TPSA) is 110 Å². The smallest absolute Gasteiger partial charge is 0.281 e. The summed E-state index contributed by atoms with van der Waals surface area (Å²) in [7, 11) is -0.693. The number of hydrogen-bond acceptors (Lipinski definition) is 7. The second-order valence-corrected chi connectivity index (χ2v) is 10.8. The number of nitrogens with zero attached hydrogens (tertiary/aromatic N) is 5. The van der Waals surface area contributed by atoms with Crippen LogP contribution in [0.1, 0.15) is 47.2 Å². The van der Waals surface area contributed by atoms with Gasteiger partial charge in [0, 0.05) is 33.2 Å². The summed E-state index contributed by atoms with van der Waals surface area (Å²) in [6, 6.07) is 8.12. The molecule has 1 aromatic carbocycles. The zero-order valence-corrected chi connectivity index (χ0v) is 20.3. The Labute approximate surface area is 198 Å². The molecule has 0 aliphatic carbocycles. The average molecular weight is 490 g/mol. The zero-order chi connectivity index (χ0) is 24.6. The predicted molar refractivity (Wildman–Crippen MR) is 127 cm³/mol. The molecule has 12 heteroatoms. The van der Waals surface area contributed by atoms with Crippen LogP contribution in [0.2, 0.25) is 0 Å². The van der Waals surface area contributed by atoms with Gasteiger partial charge in [-0.3, -0.25) is 10.2 Å². The highest BCUT2D eigenvalue weighted by atomic mass is 32.2. The molecular formula is C22H28FN7O3S. The van der Waals surface area contributed by atoms with Crippen molar-refractivity contribution in [2.75, 3.05) is 26.0 Å². The first-order valence-corrected chi connectivity index (χ1v) is 12.3. The molecule has 2 N–H and O–H groups in total. The number of fused-ring (bicyclic) bond motifs is 1. The van der Waals surface area contributed by atoms with Crippen LogP contribution in [0, 0.1) is 5.82 Å². The molecule has 3 heterocycles. The van der Waals surface area contributed by atoms with Gasteiger partial charge in [0.2, 0.25) is 0 Å². The van der Waals surface area contributed by atoms with Crippen LogP contribution in [0.25, 0.3) is 0 Å². The van der Waals surface area contributed by atoms with Crippen molar-refractivity contribution in [2.24, 2.45) is 5.10 Å². The van der Waals surface area contributed by atoms with E-state index in [1.54, 1.807) is 18.5 Å². The Morgan fingerprint density at radius 1 is 1.26 bits per heavy atom. The van der Waals surface area contributed by atoms with Crippen LogP contribution < -0.4 is 10.7 Å². The fraction of sp³-hybridized carbons (Fsp3) is 0.409. The maximum Gasteiger partial charge on any atom is 0.281 e. The number of anilines is 1. The molecule has 1 aromatic heterocycles. The Hall–Kier alpha value is -3.09. The molecule has 0 fully saturated rings. The summed E-state index contributed by atoms with van der Waals surface area (Å²) in [4.78, 5) is 19.4. The highest BCUT2D eigenvalue weighted by Gasteiger charge is 2.30. The Balaban J connectivity index is 1.55. The van der Waals surface area contributed by atoms with Gasteiger partial charge < -0.3 is 10.2 Å². The second kappa shape index (κ2) is 9.28. The van der Waals surface area contributed by atoms with Crippen molar-refractivity contribution in [1.29, 1.82) is 0 Å². The van der Waals surface area contributed by atoms with Crippen molar-refractivity contribution >= 4 is 28.3 Å². The first kappa shape index (κ1) is 24.0. The van der Waals surface area contributed by atoms with Crippen molar-refractivity contribution in [2.45, 2.75) is 39.0 Å². The number of carbonyl (C=O) groups is 1. The summed E-state index contributed by atoms with van der Waals surface area (Å²) < 4.78 is 42.3. The molecule has 0 saturated carbocycles. The van der Waals surface area contributed by atoms with E-state index in [9.17, 15) is 17.6 Å². The van der Waals surface area contributed by atoms with E-state index >= 15 is 0 Å². The minimum Gasteiger partial charge on any atom is -0.332 e. The van der Waals surface area contributed by atoms with E-state index < -0.39 is 21.9 Å². The number of nitrogens with one attached hydrogen (secondary N) is 2. The van der Waals surface area contributed by atoms with Gasteiger partial charge in [-0.25, -0.2) is 9.37 Å². The van der Waals surface area contributed by atoms with Gasteiger partial charge in [-0.15, -0.1) is 0 Å². The molecule has 0 radical (unpaired) electrons. The average Bonchev–Trinajstić information content (AvgIpc) is 3.29. The van der Waals surface area contributed by atoms with E-state index in [0.29, 0.717) is 23.2 Å². The van der Waals surface area contributed by atoms with E-state index in [1.165, 1.54) is 30.5 Å². The molecule has 2 aromatic rings. The van der Waals surface area contributed by atoms with Crippen LogP contribution in [-0.4, -0.2) is 65.8 Å². The van der Waals surface area contributed by atoms with Crippen molar-refractivity contribution in [3.8, 4) is 0 Å². The number of amides is 1. The minimum atomic E-state index is -3.62. The molecule has 10 nitrogen and oxygen atoms in total. The van der Waals surface area contributed by atoms with E-state index in [-0.39, 0.29) is 36.7 Å². The minimum absolute atomic E-state index is 0.0720. The monoisotopic (exact) mass is 489 g/mol. The van der Waals surface area contributed by atoms with Gasteiger partial charge in [-0.2, -0.15) is 22.1 Å². The molecule has 1 amide bonds. The van der Waals surface area contributed by atoms with Crippen LogP contribution in [0.4, 0.5) is 10.2 Å². The van der Waals surface area contributed by atoms with E-state index in [1.807, 2.05) is 24.8 Å². The van der Waals surface area contributed by atoms with Gasteiger partial charge in [0.25, 0.3) is 16.1 Å². The Kier molecular flexibility index (Phi) is 6.56. The lowest BCUT2D eigenvalue weighted by Gasteiger charge is -2.30. The van der Waals surface area contributed by atoms with E-state index in [2.05, 4.69) is 20.8 Å². The summed E-state index contributed by atoms with van der Waals surface area (Å²) in [6.07, 6.45) is 1.79. The number of carbonyl (C=O) groups excluding carboxylic acids is 1. The lowest BCUT2D eigenvalue weighted by molar-refractivity contribution is 0.102. The van der Waals surface area contributed by atoms with Gasteiger partial charge in [0.05, 0.1) is 11.3 Å². The second-order valence-electron chi connectivity index (χ2n) is 8.69. The fourth-order valence-corrected chi connectivity index (χ4v) is 5.05. The van der Waals surface area contributed by atoms with Crippen molar-refractivity contribution in [3.63, 3.8) is 0 Å². The zero-order valence-electron chi connectivity index (χ0n) is 19.5. The third kappa shape index (κ3) is 4.61. The maximum absolute atomic E-state index is 14.8. The third-order valence-corrected chi connectivity index (χ3v) is 7.76. The molecule has 1 atom stereocenters. The molecule has 0 bridgehead atoms. The highest BCUT2D eigenvalue weighted by molar-refractivity contribution is 7.86. The highest BCUT2D eigenvalue weighted by Crippen LogP contribution is 2.26. The molecule has 0 spiro atoms. The number of benzene rings is 1. The van der Waals surface area contributed by atoms with Crippen LogP contribution in [0.3, 0.4) is 0 Å². The molecule has 0 saturated heterocycles. The van der Waals surface area contributed by atoms with Gasteiger partial charge >= 0.3 is 0 Å². The lowest BCUT2D eigenvalue weighted by atomic mass is 9.97. The number of rotatable bonds is 6. The number of pyridine rings is 1. The first-order chi connectivity index (χ1) is 16.1. The summed E-state index contributed by atoms with van der Waals surface area (Å²) in [6.45, 7) is 4.38. The van der Waals surface area contributed by atoms with Crippen LogP contribution in [0.15, 0.2) is 35.4 Å². The maximum atomic E-state index is 14.8. The molecule has 1 unspecified atom stereocenters. The van der Waals surface area contributed by atoms with Crippen LogP contribution in [0.5, 0.6) is 0 Å². The molecule has 34 heavy (non-hydrogen) atoms. The molecule has 4 rings (SSSR count). The lowest BCUT2D eigenvalue weighted by Crippen LogP contribution is -2.42. The largest absolute Gasteiger partial charge is 0.332 e. The number of halogens is 1. The third-order valence-electron chi connectivity index (χ3n) is 5.87. The standard InChI is InChI=1S/C22H28FN7O3S/c1-14(2)30-13-24-27-21(30)19-6-5-7-20(25-19)26-22(31)17-10-16-12-29(34(32,33)28(3)4)9-8-15(16)11-18(17)23/h5-7,10-11,13-14,21,27H,8-9,12H2,1-4H3,(H,25,26,31). The molecule has 2 aliphatic rings. The normalized spacial score (nSPS) is 18.3. The Bertz CT molecular complexity index is 1230. The molecule has 2 aliphatic heterocycles. The Morgan fingerprint density at radius 3 is 2.74 bits per heavy atom. The molecular weight excluding hydrogens is 461 g/mol. The van der Waals surface area contributed by atoms with Crippen molar-refractivity contribution in [3.05, 3.63) is 58.5 Å². The number of hydrazone groups is 1. The fourth-order valence-electron chi connectivity index (χ4n) is 3.97. The predicted octanol–water partition coefficient (Wildman–Crippen LogP) is 1.89. The number of aromatic nitrogens is 1.